The molecule has 0 saturated heterocycles. The van der Waals surface area contributed by atoms with Gasteiger partial charge in [0.15, 0.2) is 11.5 Å². The summed E-state index contributed by atoms with van der Waals surface area (Å²) in [6.07, 6.45) is -1.10. The number of H-pyrrole nitrogens is 1. The molecule has 2 aromatic rings. The van der Waals surface area contributed by atoms with Crippen LogP contribution in [0.25, 0.3) is 11.2 Å². The lowest BCUT2D eigenvalue weighted by Crippen LogP contribution is -2.32. The first-order valence-electron chi connectivity index (χ1n) is 6.24. The number of fused-ring (bicyclic) bond motifs is 1. The summed E-state index contributed by atoms with van der Waals surface area (Å²) in [5, 5.41) is 12.0. The van der Waals surface area contributed by atoms with Gasteiger partial charge in [0.05, 0.1) is 19.5 Å². The highest BCUT2D eigenvalue weighted by atomic mass is 19.3. The number of alkyl halides is 2. The van der Waals surface area contributed by atoms with Crippen molar-refractivity contribution in [1.29, 1.82) is 0 Å². The summed E-state index contributed by atoms with van der Waals surface area (Å²) in [4.78, 5) is 16.6. The van der Waals surface area contributed by atoms with Gasteiger partial charge in [-0.1, -0.05) is 0 Å². The van der Waals surface area contributed by atoms with Gasteiger partial charge in [0.1, 0.15) is 5.52 Å². The van der Waals surface area contributed by atoms with Crippen LogP contribution in [0.4, 0.5) is 20.5 Å². The Bertz CT molecular complexity index is 561. The van der Waals surface area contributed by atoms with Gasteiger partial charge in [0.25, 0.3) is 6.43 Å². The molecule has 2 rings (SSSR count). The Balaban J connectivity index is 2.44. The average molecular weight is 286 g/mol. The molecule has 0 aliphatic rings. The van der Waals surface area contributed by atoms with E-state index >= 15 is 0 Å². The zero-order valence-electron chi connectivity index (χ0n) is 11.0. The quantitative estimate of drug-likeness (QED) is 0.699. The number of hydrogen-bond acceptors (Lipinski definition) is 6. The van der Waals surface area contributed by atoms with Crippen LogP contribution < -0.4 is 10.2 Å². The van der Waals surface area contributed by atoms with Gasteiger partial charge in [0, 0.05) is 13.1 Å². The Hall–Kier alpha value is -2.03. The van der Waals surface area contributed by atoms with E-state index < -0.39 is 13.0 Å². The molecule has 0 aromatic carbocycles. The van der Waals surface area contributed by atoms with E-state index in [1.165, 1.54) is 11.2 Å². The van der Waals surface area contributed by atoms with E-state index in [0.29, 0.717) is 29.5 Å². The molecule has 3 N–H and O–H groups in total. The second-order valence-electron chi connectivity index (χ2n) is 4.06. The van der Waals surface area contributed by atoms with Crippen molar-refractivity contribution in [3.8, 4) is 0 Å². The van der Waals surface area contributed by atoms with Crippen LogP contribution >= 0.6 is 0 Å². The van der Waals surface area contributed by atoms with Crippen molar-refractivity contribution < 1.29 is 13.9 Å². The summed E-state index contributed by atoms with van der Waals surface area (Å²) in [7, 11) is 0. The van der Waals surface area contributed by atoms with Crippen molar-refractivity contribution in [3.05, 3.63) is 6.33 Å². The maximum absolute atomic E-state index is 12.7. The highest BCUT2D eigenvalue weighted by molar-refractivity contribution is 5.84. The maximum atomic E-state index is 12.7. The number of nitrogens with one attached hydrogen (secondary N) is 2. The molecule has 0 spiro atoms. The van der Waals surface area contributed by atoms with Crippen LogP contribution in [0.5, 0.6) is 0 Å². The number of rotatable bonds is 7. The van der Waals surface area contributed by atoms with Crippen LogP contribution in [0.15, 0.2) is 6.33 Å². The third-order valence-electron chi connectivity index (χ3n) is 2.63. The first kappa shape index (κ1) is 14.4. The van der Waals surface area contributed by atoms with Gasteiger partial charge in [-0.05, 0) is 6.92 Å². The molecule has 0 amide bonds. The first-order valence-corrected chi connectivity index (χ1v) is 6.24. The number of halogens is 2. The Morgan fingerprint density at radius 2 is 2.25 bits per heavy atom. The minimum atomic E-state index is -2.53. The third-order valence-corrected chi connectivity index (χ3v) is 2.63. The number of aliphatic hydroxyl groups is 1. The second kappa shape index (κ2) is 6.42. The largest absolute Gasteiger partial charge is 0.395 e. The van der Waals surface area contributed by atoms with E-state index in [1.807, 2.05) is 6.92 Å². The molecule has 110 valence electrons. The fraction of sp³-hybridized carbons (Fsp3) is 0.545. The van der Waals surface area contributed by atoms with E-state index in [-0.39, 0.29) is 13.2 Å². The normalized spacial score (nSPS) is 11.2. The minimum Gasteiger partial charge on any atom is -0.395 e. The molecule has 0 unspecified atom stereocenters. The van der Waals surface area contributed by atoms with E-state index in [9.17, 15) is 8.78 Å². The Labute approximate surface area is 114 Å². The standard InChI is InChI=1S/C11H16F2N6O/c1-2-14-11-17-9-8(15-6-16-9)10(18-11)19(3-4-20)5-7(12)13/h6-7,20H,2-5H2,1H3,(H2,14,15,16,17,18). The smallest absolute Gasteiger partial charge is 0.255 e. The van der Waals surface area contributed by atoms with Crippen LogP contribution in [-0.2, 0) is 0 Å². The number of hydrogen-bond donors (Lipinski definition) is 3. The van der Waals surface area contributed by atoms with Crippen LogP contribution in [-0.4, -0.2) is 57.7 Å². The molecule has 20 heavy (non-hydrogen) atoms. The number of imidazole rings is 1. The predicted molar refractivity (Wildman–Crippen MR) is 71.2 cm³/mol. The van der Waals surface area contributed by atoms with Gasteiger partial charge >= 0.3 is 0 Å². The molecule has 0 aliphatic heterocycles. The van der Waals surface area contributed by atoms with Crippen molar-refractivity contribution in [2.24, 2.45) is 0 Å². The van der Waals surface area contributed by atoms with Crippen LogP contribution in [0.1, 0.15) is 6.92 Å². The van der Waals surface area contributed by atoms with Gasteiger partial charge in [-0.25, -0.2) is 13.8 Å². The molecule has 0 aliphatic carbocycles. The van der Waals surface area contributed by atoms with E-state index in [4.69, 9.17) is 5.11 Å². The molecule has 0 saturated carbocycles. The fourth-order valence-electron chi connectivity index (χ4n) is 1.85. The van der Waals surface area contributed by atoms with Crippen molar-refractivity contribution in [1.82, 2.24) is 19.9 Å². The highest BCUT2D eigenvalue weighted by Gasteiger charge is 2.19. The van der Waals surface area contributed by atoms with Crippen molar-refractivity contribution >= 4 is 22.9 Å². The Kier molecular flexibility index (Phi) is 4.61. The lowest BCUT2D eigenvalue weighted by Gasteiger charge is -2.23. The van der Waals surface area contributed by atoms with Crippen molar-refractivity contribution in [2.75, 3.05) is 36.5 Å². The van der Waals surface area contributed by atoms with E-state index in [2.05, 4.69) is 25.3 Å². The summed E-state index contributed by atoms with van der Waals surface area (Å²) in [5.74, 6) is 0.622. The Morgan fingerprint density at radius 1 is 1.45 bits per heavy atom. The summed E-state index contributed by atoms with van der Waals surface area (Å²) in [5.41, 5.74) is 0.865. The molecule has 0 fully saturated rings. The van der Waals surface area contributed by atoms with E-state index in [1.54, 1.807) is 0 Å². The zero-order chi connectivity index (χ0) is 14.5. The van der Waals surface area contributed by atoms with Crippen LogP contribution in [0.3, 0.4) is 0 Å². The van der Waals surface area contributed by atoms with Crippen LogP contribution in [0.2, 0.25) is 0 Å². The third kappa shape index (κ3) is 3.10. The van der Waals surface area contributed by atoms with Gasteiger partial charge in [0.2, 0.25) is 5.95 Å². The van der Waals surface area contributed by atoms with Gasteiger partial charge < -0.3 is 20.3 Å². The van der Waals surface area contributed by atoms with Gasteiger partial charge in [-0.15, -0.1) is 0 Å². The molecule has 7 nitrogen and oxygen atoms in total. The SMILES string of the molecule is CCNc1nc(N(CCO)CC(F)F)c2[nH]cnc2n1. The summed E-state index contributed by atoms with van der Waals surface area (Å²) in [6, 6.07) is 0. The van der Waals surface area contributed by atoms with E-state index in [0.717, 1.165) is 0 Å². The molecule has 2 aromatic heterocycles. The monoisotopic (exact) mass is 286 g/mol. The lowest BCUT2D eigenvalue weighted by atomic mass is 10.4. The number of aromatic nitrogens is 4. The van der Waals surface area contributed by atoms with Crippen LogP contribution in [0, 0.1) is 0 Å². The molecular formula is C11H16F2N6O. The molecule has 9 heteroatoms. The summed E-state index contributed by atoms with van der Waals surface area (Å²) >= 11 is 0. The predicted octanol–water partition coefficient (Wildman–Crippen LogP) is 0.849. The molecule has 0 radical (unpaired) electrons. The zero-order valence-corrected chi connectivity index (χ0v) is 11.0. The number of anilines is 2. The second-order valence-corrected chi connectivity index (χ2v) is 4.06. The number of aliphatic hydroxyl groups excluding tert-OH is 1. The molecular weight excluding hydrogens is 270 g/mol. The lowest BCUT2D eigenvalue weighted by molar-refractivity contribution is 0.152. The molecule has 0 atom stereocenters. The topological polar surface area (TPSA) is 90.0 Å². The number of nitrogens with zero attached hydrogens (tertiary/aromatic N) is 4. The highest BCUT2D eigenvalue weighted by Crippen LogP contribution is 2.23. The fourth-order valence-corrected chi connectivity index (χ4v) is 1.85. The number of aromatic amines is 1. The summed E-state index contributed by atoms with van der Waals surface area (Å²) in [6.45, 7) is 1.77. The van der Waals surface area contributed by atoms with Gasteiger partial charge in [-0.2, -0.15) is 9.97 Å². The molecule has 2 heterocycles. The van der Waals surface area contributed by atoms with Gasteiger partial charge in [-0.3, -0.25) is 0 Å². The summed E-state index contributed by atoms with van der Waals surface area (Å²) < 4.78 is 25.3. The maximum Gasteiger partial charge on any atom is 0.255 e. The molecule has 0 bridgehead atoms. The average Bonchev–Trinajstić information content (AvgIpc) is 2.85. The Morgan fingerprint density at radius 3 is 2.90 bits per heavy atom. The minimum absolute atomic E-state index is 0.0566. The van der Waals surface area contributed by atoms with Crippen molar-refractivity contribution in [3.63, 3.8) is 0 Å². The van der Waals surface area contributed by atoms with Crippen molar-refractivity contribution in [2.45, 2.75) is 13.3 Å². The first-order chi connectivity index (χ1) is 9.65.